The maximum Gasteiger partial charge on any atom is 0.0112 e. The topological polar surface area (TPSA) is 6.48 Å². The van der Waals surface area contributed by atoms with Crippen molar-refractivity contribution in [1.29, 1.82) is 0 Å². The summed E-state index contributed by atoms with van der Waals surface area (Å²) in [5.41, 5.74) is 0. The average molecular weight is 184 g/mol. The van der Waals surface area contributed by atoms with E-state index in [2.05, 4.69) is 30.6 Å². The third-order valence-electron chi connectivity index (χ3n) is 2.89. The molecule has 1 saturated heterocycles. The first-order valence-electron chi connectivity index (χ1n) is 5.70. The molecule has 1 aliphatic rings. The Balaban J connectivity index is 2.30. The SMILES string of the molecule is CCCN1CCCN(C(C)C)CC1. The zero-order valence-corrected chi connectivity index (χ0v) is 9.42. The Hall–Kier alpha value is -0.0800. The van der Waals surface area contributed by atoms with Crippen molar-refractivity contribution in [3.63, 3.8) is 0 Å². The molecule has 1 rings (SSSR count). The number of hydrogen-bond donors (Lipinski definition) is 0. The van der Waals surface area contributed by atoms with E-state index in [1.165, 1.54) is 45.6 Å². The van der Waals surface area contributed by atoms with Gasteiger partial charge in [-0.3, -0.25) is 4.90 Å². The molecule has 0 atom stereocenters. The molecule has 0 aromatic rings. The Morgan fingerprint density at radius 3 is 2.46 bits per heavy atom. The van der Waals surface area contributed by atoms with Gasteiger partial charge in [-0.05, 0) is 46.3 Å². The molecule has 0 radical (unpaired) electrons. The van der Waals surface area contributed by atoms with Gasteiger partial charge in [0.2, 0.25) is 0 Å². The smallest absolute Gasteiger partial charge is 0.0112 e. The van der Waals surface area contributed by atoms with Crippen molar-refractivity contribution in [3.8, 4) is 0 Å². The van der Waals surface area contributed by atoms with Crippen LogP contribution in [0.15, 0.2) is 0 Å². The van der Waals surface area contributed by atoms with E-state index in [1.54, 1.807) is 0 Å². The maximum atomic E-state index is 2.60. The zero-order valence-electron chi connectivity index (χ0n) is 9.42. The van der Waals surface area contributed by atoms with E-state index in [4.69, 9.17) is 0 Å². The molecule has 2 heteroatoms. The number of nitrogens with zero attached hydrogens (tertiary/aromatic N) is 2. The summed E-state index contributed by atoms with van der Waals surface area (Å²) >= 11 is 0. The summed E-state index contributed by atoms with van der Waals surface area (Å²) in [5, 5.41) is 0. The van der Waals surface area contributed by atoms with Crippen LogP contribution in [0.2, 0.25) is 0 Å². The summed E-state index contributed by atoms with van der Waals surface area (Å²) in [7, 11) is 0. The molecular weight excluding hydrogens is 160 g/mol. The summed E-state index contributed by atoms with van der Waals surface area (Å²) in [4.78, 5) is 5.19. The van der Waals surface area contributed by atoms with Gasteiger partial charge in [-0.25, -0.2) is 0 Å². The minimum atomic E-state index is 0.724. The molecule has 1 aliphatic heterocycles. The monoisotopic (exact) mass is 184 g/mol. The van der Waals surface area contributed by atoms with E-state index < -0.39 is 0 Å². The third-order valence-corrected chi connectivity index (χ3v) is 2.89. The second kappa shape index (κ2) is 5.61. The van der Waals surface area contributed by atoms with E-state index in [0.29, 0.717) is 0 Å². The van der Waals surface area contributed by atoms with Crippen LogP contribution in [0.1, 0.15) is 33.6 Å². The van der Waals surface area contributed by atoms with Crippen LogP contribution in [0.5, 0.6) is 0 Å². The Morgan fingerprint density at radius 1 is 1.08 bits per heavy atom. The van der Waals surface area contributed by atoms with E-state index in [-0.39, 0.29) is 0 Å². The summed E-state index contributed by atoms with van der Waals surface area (Å²) in [6.07, 6.45) is 2.64. The largest absolute Gasteiger partial charge is 0.302 e. The van der Waals surface area contributed by atoms with Crippen LogP contribution in [-0.4, -0.2) is 48.6 Å². The Labute approximate surface area is 82.9 Å². The van der Waals surface area contributed by atoms with Gasteiger partial charge in [-0.15, -0.1) is 0 Å². The van der Waals surface area contributed by atoms with Gasteiger partial charge in [0, 0.05) is 19.1 Å². The summed E-state index contributed by atoms with van der Waals surface area (Å²) in [6.45, 7) is 13.3. The van der Waals surface area contributed by atoms with Crippen molar-refractivity contribution in [2.45, 2.75) is 39.7 Å². The molecule has 2 nitrogen and oxygen atoms in total. The third kappa shape index (κ3) is 3.65. The lowest BCUT2D eigenvalue weighted by atomic mass is 10.3. The van der Waals surface area contributed by atoms with E-state index >= 15 is 0 Å². The molecule has 0 unspecified atom stereocenters. The second-order valence-corrected chi connectivity index (χ2v) is 4.32. The maximum absolute atomic E-state index is 2.60. The molecule has 78 valence electrons. The highest BCUT2D eigenvalue weighted by Crippen LogP contribution is 2.06. The van der Waals surface area contributed by atoms with Crippen molar-refractivity contribution in [2.24, 2.45) is 0 Å². The Bertz CT molecular complexity index is 134. The first-order chi connectivity index (χ1) is 6.24. The van der Waals surface area contributed by atoms with E-state index in [0.717, 1.165) is 6.04 Å². The number of rotatable bonds is 3. The molecule has 0 spiro atoms. The van der Waals surface area contributed by atoms with E-state index in [1.807, 2.05) is 0 Å². The van der Waals surface area contributed by atoms with Crippen molar-refractivity contribution in [3.05, 3.63) is 0 Å². The van der Waals surface area contributed by atoms with Crippen LogP contribution in [0.4, 0.5) is 0 Å². The highest BCUT2D eigenvalue weighted by atomic mass is 15.2. The molecular formula is C11H24N2. The highest BCUT2D eigenvalue weighted by molar-refractivity contribution is 4.71. The minimum Gasteiger partial charge on any atom is -0.302 e. The molecule has 13 heavy (non-hydrogen) atoms. The van der Waals surface area contributed by atoms with Crippen LogP contribution in [-0.2, 0) is 0 Å². The molecule has 0 aromatic heterocycles. The van der Waals surface area contributed by atoms with Gasteiger partial charge in [0.05, 0.1) is 0 Å². The first kappa shape index (κ1) is 11.0. The molecule has 1 heterocycles. The lowest BCUT2D eigenvalue weighted by Gasteiger charge is -2.24. The van der Waals surface area contributed by atoms with Gasteiger partial charge in [0.1, 0.15) is 0 Å². The molecule has 1 fully saturated rings. The predicted octanol–water partition coefficient (Wildman–Crippen LogP) is 1.81. The molecule has 0 N–H and O–H groups in total. The van der Waals surface area contributed by atoms with Gasteiger partial charge >= 0.3 is 0 Å². The van der Waals surface area contributed by atoms with E-state index in [9.17, 15) is 0 Å². The second-order valence-electron chi connectivity index (χ2n) is 4.32. The van der Waals surface area contributed by atoms with Gasteiger partial charge in [0.25, 0.3) is 0 Å². The van der Waals surface area contributed by atoms with Gasteiger partial charge in [0.15, 0.2) is 0 Å². The number of hydrogen-bond acceptors (Lipinski definition) is 2. The fraction of sp³-hybridized carbons (Fsp3) is 1.00. The zero-order chi connectivity index (χ0) is 9.68. The summed E-state index contributed by atoms with van der Waals surface area (Å²) in [6, 6.07) is 0.724. The summed E-state index contributed by atoms with van der Waals surface area (Å²) in [5.74, 6) is 0. The van der Waals surface area contributed by atoms with Crippen molar-refractivity contribution in [2.75, 3.05) is 32.7 Å². The predicted molar refractivity (Wildman–Crippen MR) is 58.1 cm³/mol. The first-order valence-corrected chi connectivity index (χ1v) is 5.70. The lowest BCUT2D eigenvalue weighted by molar-refractivity contribution is 0.220. The quantitative estimate of drug-likeness (QED) is 0.660. The molecule has 0 amide bonds. The van der Waals surface area contributed by atoms with Crippen LogP contribution >= 0.6 is 0 Å². The van der Waals surface area contributed by atoms with Gasteiger partial charge < -0.3 is 4.90 Å². The Kier molecular flexibility index (Phi) is 4.74. The van der Waals surface area contributed by atoms with Crippen LogP contribution in [0, 0.1) is 0 Å². The van der Waals surface area contributed by atoms with Crippen molar-refractivity contribution in [1.82, 2.24) is 9.80 Å². The molecule has 0 bridgehead atoms. The molecule has 0 aromatic carbocycles. The van der Waals surface area contributed by atoms with Gasteiger partial charge in [-0.2, -0.15) is 0 Å². The highest BCUT2D eigenvalue weighted by Gasteiger charge is 2.15. The van der Waals surface area contributed by atoms with Gasteiger partial charge in [-0.1, -0.05) is 6.92 Å². The molecule has 0 saturated carbocycles. The normalized spacial score (nSPS) is 22.2. The standard InChI is InChI=1S/C11H24N2/c1-4-6-12-7-5-8-13(10-9-12)11(2)3/h11H,4-10H2,1-3H3. The molecule has 0 aliphatic carbocycles. The minimum absolute atomic E-state index is 0.724. The fourth-order valence-electron chi connectivity index (χ4n) is 2.05. The van der Waals surface area contributed by atoms with Crippen molar-refractivity contribution < 1.29 is 0 Å². The van der Waals surface area contributed by atoms with Crippen LogP contribution < -0.4 is 0 Å². The lowest BCUT2D eigenvalue weighted by Crippen LogP contribution is -2.35. The summed E-state index contributed by atoms with van der Waals surface area (Å²) < 4.78 is 0. The van der Waals surface area contributed by atoms with Crippen LogP contribution in [0.3, 0.4) is 0 Å². The Morgan fingerprint density at radius 2 is 1.85 bits per heavy atom. The van der Waals surface area contributed by atoms with Crippen molar-refractivity contribution >= 4 is 0 Å². The average Bonchev–Trinajstić information content (AvgIpc) is 2.30. The fourth-order valence-corrected chi connectivity index (χ4v) is 2.05. The van der Waals surface area contributed by atoms with Crippen LogP contribution in [0.25, 0.3) is 0 Å².